The van der Waals surface area contributed by atoms with Gasteiger partial charge < -0.3 is 5.32 Å². The lowest BCUT2D eigenvalue weighted by atomic mass is 10.0. The largest absolute Gasteiger partial charge is 0.325 e. The van der Waals surface area contributed by atoms with Crippen LogP contribution >= 0.6 is 27.5 Å². The molecule has 1 amide bonds. The number of carbonyl (C=O) groups is 1. The maximum Gasteiger partial charge on any atom is 0.228 e. The van der Waals surface area contributed by atoms with Gasteiger partial charge in [0, 0.05) is 5.92 Å². The zero-order valence-electron chi connectivity index (χ0n) is 9.96. The molecule has 2 fully saturated rings. The van der Waals surface area contributed by atoms with Gasteiger partial charge in [-0.2, -0.15) is 0 Å². The summed E-state index contributed by atoms with van der Waals surface area (Å²) in [6.07, 6.45) is 5.01. The van der Waals surface area contributed by atoms with Crippen LogP contribution in [0.25, 0.3) is 0 Å². The van der Waals surface area contributed by atoms with E-state index in [0.29, 0.717) is 16.9 Å². The second kappa shape index (κ2) is 4.86. The normalized spacial score (nSPS) is 29.6. The highest BCUT2D eigenvalue weighted by atomic mass is 79.9. The fourth-order valence-corrected chi connectivity index (χ4v) is 3.74. The third-order valence-corrected chi connectivity index (χ3v) is 5.57. The minimum atomic E-state index is 0.162. The molecule has 4 heteroatoms. The van der Waals surface area contributed by atoms with Gasteiger partial charge in [0.25, 0.3) is 0 Å². The maximum atomic E-state index is 12.2. The van der Waals surface area contributed by atoms with Crippen molar-refractivity contribution in [3.63, 3.8) is 0 Å². The number of nitrogens with one attached hydrogen (secondary N) is 1. The summed E-state index contributed by atoms with van der Waals surface area (Å²) >= 11 is 9.42. The van der Waals surface area contributed by atoms with Gasteiger partial charge in [-0.15, -0.1) is 0 Å². The van der Waals surface area contributed by atoms with Crippen LogP contribution in [-0.2, 0) is 4.79 Å². The Balaban J connectivity index is 1.70. The molecule has 2 nitrogen and oxygen atoms in total. The molecule has 0 spiro atoms. The summed E-state index contributed by atoms with van der Waals surface area (Å²) in [5.41, 5.74) is 0.774. The molecule has 0 aromatic heterocycles. The predicted octanol–water partition coefficient (Wildman–Crippen LogP) is 4.48. The van der Waals surface area contributed by atoms with Crippen molar-refractivity contribution in [3.8, 4) is 0 Å². The Hall–Kier alpha value is -0.540. The van der Waals surface area contributed by atoms with Gasteiger partial charge in [-0.05, 0) is 52.7 Å². The van der Waals surface area contributed by atoms with Gasteiger partial charge in [0.2, 0.25) is 5.91 Å². The van der Waals surface area contributed by atoms with Crippen LogP contribution in [0.2, 0.25) is 5.02 Å². The van der Waals surface area contributed by atoms with Crippen molar-refractivity contribution < 1.29 is 4.79 Å². The van der Waals surface area contributed by atoms with E-state index in [2.05, 4.69) is 21.2 Å². The number of fused-ring (bicyclic) bond motifs is 1. The van der Waals surface area contributed by atoms with E-state index in [9.17, 15) is 4.79 Å². The zero-order valence-corrected chi connectivity index (χ0v) is 12.3. The fourth-order valence-electron chi connectivity index (χ4n) is 3.20. The minimum absolute atomic E-state index is 0.162. The molecule has 1 aromatic carbocycles. The molecule has 2 unspecified atom stereocenters. The molecule has 2 saturated carbocycles. The van der Waals surface area contributed by atoms with E-state index in [1.165, 1.54) is 25.7 Å². The smallest absolute Gasteiger partial charge is 0.228 e. The number of benzene rings is 1. The summed E-state index contributed by atoms with van der Waals surface area (Å²) in [6.45, 7) is 0. The van der Waals surface area contributed by atoms with Gasteiger partial charge in [-0.25, -0.2) is 0 Å². The molecule has 0 bridgehead atoms. The molecule has 3 rings (SSSR count). The Morgan fingerprint density at radius 2 is 1.94 bits per heavy atom. The summed E-state index contributed by atoms with van der Waals surface area (Å²) in [7, 11) is 0. The summed E-state index contributed by atoms with van der Waals surface area (Å²) in [6, 6.07) is 5.53. The van der Waals surface area contributed by atoms with Crippen LogP contribution in [0.15, 0.2) is 22.7 Å². The van der Waals surface area contributed by atoms with Crippen LogP contribution in [0.1, 0.15) is 25.7 Å². The first kappa shape index (κ1) is 12.5. The number of amides is 1. The highest BCUT2D eigenvalue weighted by Crippen LogP contribution is 2.55. The molecule has 2 atom stereocenters. The second-order valence-electron chi connectivity index (χ2n) is 5.23. The highest BCUT2D eigenvalue weighted by Gasteiger charge is 2.54. The van der Waals surface area contributed by atoms with E-state index in [1.54, 1.807) is 6.07 Å². The summed E-state index contributed by atoms with van der Waals surface area (Å²) in [5, 5.41) is 3.63. The van der Waals surface area contributed by atoms with Gasteiger partial charge in [0.05, 0.1) is 15.2 Å². The van der Waals surface area contributed by atoms with Crippen LogP contribution in [0.5, 0.6) is 0 Å². The SMILES string of the molecule is O=C(Nc1cccc(Cl)c1Br)C1C2CCCCC21. The number of rotatable bonds is 2. The molecule has 0 heterocycles. The van der Waals surface area contributed by atoms with Crippen molar-refractivity contribution in [2.24, 2.45) is 17.8 Å². The topological polar surface area (TPSA) is 29.1 Å². The third-order valence-electron chi connectivity index (χ3n) is 4.17. The number of carbonyl (C=O) groups excluding carboxylic acids is 1. The summed E-state index contributed by atoms with van der Waals surface area (Å²) < 4.78 is 0.767. The number of hydrogen-bond acceptors (Lipinski definition) is 1. The van der Waals surface area contributed by atoms with Gasteiger partial charge in [0.1, 0.15) is 0 Å². The van der Waals surface area contributed by atoms with Crippen molar-refractivity contribution in [2.45, 2.75) is 25.7 Å². The van der Waals surface area contributed by atoms with Crippen molar-refractivity contribution >= 4 is 39.1 Å². The number of halogens is 2. The zero-order chi connectivity index (χ0) is 12.7. The lowest BCUT2D eigenvalue weighted by molar-refractivity contribution is -0.117. The molecule has 1 N–H and O–H groups in total. The Bertz CT molecular complexity index is 479. The summed E-state index contributed by atoms with van der Waals surface area (Å²) in [4.78, 5) is 12.2. The maximum absolute atomic E-state index is 12.2. The van der Waals surface area contributed by atoms with E-state index in [-0.39, 0.29) is 11.8 Å². The van der Waals surface area contributed by atoms with Gasteiger partial charge in [0.15, 0.2) is 0 Å². The molecule has 0 radical (unpaired) electrons. The molecule has 2 aliphatic carbocycles. The van der Waals surface area contributed by atoms with Crippen LogP contribution < -0.4 is 5.32 Å². The van der Waals surface area contributed by atoms with Crippen LogP contribution in [0, 0.1) is 17.8 Å². The Morgan fingerprint density at radius 1 is 1.28 bits per heavy atom. The molecule has 1 aromatic rings. The van der Waals surface area contributed by atoms with Gasteiger partial charge >= 0.3 is 0 Å². The lowest BCUT2D eigenvalue weighted by Crippen LogP contribution is -2.15. The van der Waals surface area contributed by atoms with Gasteiger partial charge in [-0.3, -0.25) is 4.79 Å². The molecular formula is C14H15BrClNO. The quantitative estimate of drug-likeness (QED) is 0.852. The Kier molecular flexibility index (Phi) is 3.37. The van der Waals surface area contributed by atoms with E-state index < -0.39 is 0 Å². The summed E-state index contributed by atoms with van der Waals surface area (Å²) in [5.74, 6) is 1.67. The van der Waals surface area contributed by atoms with Gasteiger partial charge in [-0.1, -0.05) is 30.5 Å². The molecule has 18 heavy (non-hydrogen) atoms. The standard InChI is InChI=1S/C14H15BrClNO/c15-13-10(16)6-3-7-11(13)17-14(18)12-8-4-1-2-5-9(8)12/h3,6-9,12H,1-2,4-5H2,(H,17,18). The van der Waals surface area contributed by atoms with E-state index in [1.807, 2.05) is 12.1 Å². The van der Waals surface area contributed by atoms with E-state index >= 15 is 0 Å². The highest BCUT2D eigenvalue weighted by molar-refractivity contribution is 9.10. The van der Waals surface area contributed by atoms with Crippen molar-refractivity contribution in [1.29, 1.82) is 0 Å². The minimum Gasteiger partial charge on any atom is -0.325 e. The Morgan fingerprint density at radius 3 is 2.61 bits per heavy atom. The first-order valence-corrected chi connectivity index (χ1v) is 7.60. The van der Waals surface area contributed by atoms with Crippen molar-refractivity contribution in [2.75, 3.05) is 5.32 Å². The average molecular weight is 329 g/mol. The second-order valence-corrected chi connectivity index (χ2v) is 6.43. The Labute approximate surface area is 120 Å². The van der Waals surface area contributed by atoms with Crippen LogP contribution in [0.3, 0.4) is 0 Å². The van der Waals surface area contributed by atoms with Crippen molar-refractivity contribution in [1.82, 2.24) is 0 Å². The average Bonchev–Trinajstić information content (AvgIpc) is 3.09. The molecule has 96 valence electrons. The molecule has 0 saturated heterocycles. The molecular weight excluding hydrogens is 314 g/mol. The monoisotopic (exact) mass is 327 g/mol. The lowest BCUT2D eigenvalue weighted by Gasteiger charge is -2.08. The van der Waals surface area contributed by atoms with Crippen molar-refractivity contribution in [3.05, 3.63) is 27.7 Å². The van der Waals surface area contributed by atoms with E-state index in [0.717, 1.165) is 10.2 Å². The third kappa shape index (κ3) is 2.19. The predicted molar refractivity (Wildman–Crippen MR) is 76.7 cm³/mol. The molecule has 0 aliphatic heterocycles. The number of hydrogen-bond donors (Lipinski definition) is 1. The first-order valence-electron chi connectivity index (χ1n) is 6.43. The van der Waals surface area contributed by atoms with Crippen LogP contribution in [-0.4, -0.2) is 5.91 Å². The fraction of sp³-hybridized carbons (Fsp3) is 0.500. The first-order chi connectivity index (χ1) is 8.68. The number of anilines is 1. The van der Waals surface area contributed by atoms with E-state index in [4.69, 9.17) is 11.6 Å². The molecule has 2 aliphatic rings. The van der Waals surface area contributed by atoms with Crippen LogP contribution in [0.4, 0.5) is 5.69 Å².